The van der Waals surface area contributed by atoms with Crippen molar-refractivity contribution in [2.45, 2.75) is 25.8 Å². The highest BCUT2D eigenvalue weighted by Crippen LogP contribution is 2.20. The van der Waals surface area contributed by atoms with Crippen molar-refractivity contribution in [3.63, 3.8) is 0 Å². The van der Waals surface area contributed by atoms with E-state index in [4.69, 9.17) is 10.5 Å². The highest BCUT2D eigenvalue weighted by atomic mass is 16.5. The normalized spacial score (nSPS) is 14.1. The van der Waals surface area contributed by atoms with E-state index in [1.165, 1.54) is 0 Å². The van der Waals surface area contributed by atoms with Gasteiger partial charge >= 0.3 is 0 Å². The minimum Gasteiger partial charge on any atom is -0.484 e. The van der Waals surface area contributed by atoms with Crippen molar-refractivity contribution in [1.82, 2.24) is 4.90 Å². The summed E-state index contributed by atoms with van der Waals surface area (Å²) in [5.74, 6) is 0.676. The van der Waals surface area contributed by atoms with Crippen LogP contribution in [-0.2, 0) is 11.3 Å². The van der Waals surface area contributed by atoms with E-state index in [0.717, 1.165) is 30.5 Å². The number of allylic oxidation sites excluding steroid dienone is 2. The van der Waals surface area contributed by atoms with Crippen LogP contribution in [0.2, 0.25) is 0 Å². The van der Waals surface area contributed by atoms with Gasteiger partial charge in [0.25, 0.3) is 5.91 Å². The standard InChI is InChI=1S/C15H20N2O2/c1-17(13-4-2-3-5-13)15(18)11-19-14-8-6-12(10-16)7-9-14/h4,6-9H,2-3,5,10-11,16H2,1H3. The smallest absolute Gasteiger partial charge is 0.264 e. The lowest BCUT2D eigenvalue weighted by molar-refractivity contribution is -0.130. The molecule has 102 valence electrons. The molecule has 1 aliphatic carbocycles. The zero-order valence-electron chi connectivity index (χ0n) is 11.3. The number of carbonyl (C=O) groups is 1. The predicted molar refractivity (Wildman–Crippen MR) is 74.5 cm³/mol. The minimum absolute atomic E-state index is 0.0175. The van der Waals surface area contributed by atoms with Gasteiger partial charge in [0.1, 0.15) is 5.75 Å². The Balaban J connectivity index is 1.85. The quantitative estimate of drug-likeness (QED) is 0.881. The SMILES string of the molecule is CN(C(=O)COc1ccc(CN)cc1)C1=CCCC1. The first-order valence-electron chi connectivity index (χ1n) is 6.58. The molecule has 0 radical (unpaired) electrons. The third-order valence-electron chi connectivity index (χ3n) is 3.34. The van der Waals surface area contributed by atoms with Crippen molar-refractivity contribution >= 4 is 5.91 Å². The second kappa shape index (κ2) is 6.38. The third-order valence-corrected chi connectivity index (χ3v) is 3.34. The van der Waals surface area contributed by atoms with Crippen molar-refractivity contribution in [1.29, 1.82) is 0 Å². The molecule has 19 heavy (non-hydrogen) atoms. The predicted octanol–water partition coefficient (Wildman–Crippen LogP) is 2.05. The molecular formula is C15H20N2O2. The molecule has 1 aromatic carbocycles. The summed E-state index contributed by atoms with van der Waals surface area (Å²) >= 11 is 0. The molecule has 0 heterocycles. The molecule has 0 aromatic heterocycles. The molecule has 2 N–H and O–H groups in total. The molecule has 0 aliphatic heterocycles. The second-order valence-corrected chi connectivity index (χ2v) is 4.68. The highest BCUT2D eigenvalue weighted by Gasteiger charge is 2.16. The molecule has 4 nitrogen and oxygen atoms in total. The Hall–Kier alpha value is -1.81. The summed E-state index contributed by atoms with van der Waals surface area (Å²) in [6.45, 7) is 0.575. The summed E-state index contributed by atoms with van der Waals surface area (Å²) in [5, 5.41) is 0. The second-order valence-electron chi connectivity index (χ2n) is 4.68. The number of amides is 1. The van der Waals surface area contributed by atoms with E-state index in [2.05, 4.69) is 6.08 Å². The fraction of sp³-hybridized carbons (Fsp3) is 0.400. The van der Waals surface area contributed by atoms with Crippen molar-refractivity contribution < 1.29 is 9.53 Å². The van der Waals surface area contributed by atoms with Crippen LogP contribution >= 0.6 is 0 Å². The van der Waals surface area contributed by atoms with Crippen LogP contribution in [0.4, 0.5) is 0 Å². The largest absolute Gasteiger partial charge is 0.484 e. The number of rotatable bonds is 5. The molecule has 0 unspecified atom stereocenters. The summed E-state index contributed by atoms with van der Waals surface area (Å²) in [6, 6.07) is 7.49. The molecular weight excluding hydrogens is 240 g/mol. The molecule has 4 heteroatoms. The average Bonchev–Trinajstić information content (AvgIpc) is 2.98. The van der Waals surface area contributed by atoms with Gasteiger partial charge in [-0.25, -0.2) is 0 Å². The van der Waals surface area contributed by atoms with Gasteiger partial charge in [-0.2, -0.15) is 0 Å². The fourth-order valence-electron chi connectivity index (χ4n) is 2.08. The Kier molecular flexibility index (Phi) is 4.58. The highest BCUT2D eigenvalue weighted by molar-refractivity contribution is 5.79. The van der Waals surface area contributed by atoms with Gasteiger partial charge in [0.2, 0.25) is 0 Å². The number of nitrogens with zero attached hydrogens (tertiary/aromatic N) is 1. The monoisotopic (exact) mass is 260 g/mol. The summed E-state index contributed by atoms with van der Waals surface area (Å²) < 4.78 is 5.49. The van der Waals surface area contributed by atoms with Gasteiger partial charge in [-0.05, 0) is 37.0 Å². The number of benzene rings is 1. The number of hydrogen-bond acceptors (Lipinski definition) is 3. The first-order chi connectivity index (χ1) is 9.20. The maximum absolute atomic E-state index is 12.0. The number of nitrogens with two attached hydrogens (primary N) is 1. The summed E-state index contributed by atoms with van der Waals surface area (Å²) in [7, 11) is 1.81. The Morgan fingerprint density at radius 3 is 2.68 bits per heavy atom. The van der Waals surface area contributed by atoms with Crippen LogP contribution in [0.25, 0.3) is 0 Å². The van der Waals surface area contributed by atoms with Crippen molar-refractivity contribution in [3.8, 4) is 5.75 Å². The molecule has 0 atom stereocenters. The van der Waals surface area contributed by atoms with Crippen LogP contribution in [0.15, 0.2) is 36.0 Å². The van der Waals surface area contributed by atoms with Gasteiger partial charge < -0.3 is 15.4 Å². The third kappa shape index (κ3) is 3.58. The van der Waals surface area contributed by atoms with Gasteiger partial charge in [0, 0.05) is 19.3 Å². The Morgan fingerprint density at radius 1 is 1.37 bits per heavy atom. The van der Waals surface area contributed by atoms with Gasteiger partial charge in [-0.15, -0.1) is 0 Å². The molecule has 0 spiro atoms. The molecule has 0 bridgehead atoms. The lowest BCUT2D eigenvalue weighted by atomic mass is 10.2. The van der Waals surface area contributed by atoms with Crippen LogP contribution < -0.4 is 10.5 Å². The van der Waals surface area contributed by atoms with Gasteiger partial charge in [0.05, 0.1) is 0 Å². The van der Waals surface area contributed by atoms with E-state index in [9.17, 15) is 4.79 Å². The first kappa shape index (κ1) is 13.6. The van der Waals surface area contributed by atoms with Crippen molar-refractivity contribution in [2.24, 2.45) is 5.73 Å². The van der Waals surface area contributed by atoms with Crippen LogP contribution in [-0.4, -0.2) is 24.5 Å². The molecule has 2 rings (SSSR count). The molecule has 0 fully saturated rings. The van der Waals surface area contributed by atoms with Crippen LogP contribution in [0.3, 0.4) is 0 Å². The van der Waals surface area contributed by atoms with Gasteiger partial charge in [0.15, 0.2) is 6.61 Å². The van der Waals surface area contributed by atoms with Crippen LogP contribution in [0.5, 0.6) is 5.75 Å². The molecule has 1 amide bonds. The van der Waals surface area contributed by atoms with Crippen molar-refractivity contribution in [3.05, 3.63) is 41.6 Å². The zero-order chi connectivity index (χ0) is 13.7. The summed E-state index contributed by atoms with van der Waals surface area (Å²) in [6.07, 6.45) is 5.30. The first-order valence-corrected chi connectivity index (χ1v) is 6.58. The minimum atomic E-state index is -0.0175. The van der Waals surface area contributed by atoms with E-state index in [-0.39, 0.29) is 12.5 Å². The topological polar surface area (TPSA) is 55.6 Å². The number of carbonyl (C=O) groups excluding carboxylic acids is 1. The van der Waals surface area contributed by atoms with E-state index in [1.54, 1.807) is 11.9 Å². The molecule has 0 saturated carbocycles. The average molecular weight is 260 g/mol. The summed E-state index contributed by atoms with van der Waals surface area (Å²) in [4.78, 5) is 13.7. The summed E-state index contributed by atoms with van der Waals surface area (Å²) in [5.41, 5.74) is 7.68. The number of hydrogen-bond donors (Lipinski definition) is 1. The Morgan fingerprint density at radius 2 is 2.11 bits per heavy atom. The number of likely N-dealkylation sites (N-methyl/N-ethyl adjacent to an activating group) is 1. The maximum Gasteiger partial charge on any atom is 0.264 e. The van der Waals surface area contributed by atoms with Gasteiger partial charge in [-0.1, -0.05) is 18.2 Å². The Labute approximate surface area is 113 Å². The lowest BCUT2D eigenvalue weighted by Gasteiger charge is -2.18. The Bertz CT molecular complexity index is 466. The lowest BCUT2D eigenvalue weighted by Crippen LogP contribution is -2.30. The zero-order valence-corrected chi connectivity index (χ0v) is 11.3. The van der Waals surface area contributed by atoms with Crippen LogP contribution in [0.1, 0.15) is 24.8 Å². The van der Waals surface area contributed by atoms with Gasteiger partial charge in [-0.3, -0.25) is 4.79 Å². The fourth-order valence-corrected chi connectivity index (χ4v) is 2.08. The van der Waals surface area contributed by atoms with E-state index >= 15 is 0 Å². The van der Waals surface area contributed by atoms with E-state index < -0.39 is 0 Å². The molecule has 0 saturated heterocycles. The van der Waals surface area contributed by atoms with E-state index in [0.29, 0.717) is 12.3 Å². The van der Waals surface area contributed by atoms with Crippen LogP contribution in [0, 0.1) is 0 Å². The molecule has 1 aliphatic rings. The molecule has 1 aromatic rings. The number of ether oxygens (including phenoxy) is 1. The van der Waals surface area contributed by atoms with E-state index in [1.807, 2.05) is 24.3 Å². The van der Waals surface area contributed by atoms with Crippen molar-refractivity contribution in [2.75, 3.05) is 13.7 Å². The maximum atomic E-state index is 12.0.